The van der Waals surface area contributed by atoms with Crippen LogP contribution >= 0.6 is 0 Å². The van der Waals surface area contributed by atoms with Crippen molar-refractivity contribution in [1.29, 1.82) is 0 Å². The Hall–Kier alpha value is -1.81. The smallest absolute Gasteiger partial charge is 0.0539 e. The number of benzene rings is 1. The zero-order chi connectivity index (χ0) is 14.8. The van der Waals surface area contributed by atoms with Gasteiger partial charge in [-0.05, 0) is 43.9 Å². The lowest BCUT2D eigenvalue weighted by molar-refractivity contribution is 0.657. The number of rotatable bonds is 4. The van der Waals surface area contributed by atoms with Gasteiger partial charge < -0.3 is 10.6 Å². The average molecular weight is 284 g/mol. The van der Waals surface area contributed by atoms with Gasteiger partial charge in [-0.2, -0.15) is 5.10 Å². The molecular weight excluding hydrogens is 260 g/mol. The van der Waals surface area contributed by atoms with Gasteiger partial charge in [-0.3, -0.25) is 4.68 Å². The lowest BCUT2D eigenvalue weighted by Gasteiger charge is -2.31. The fourth-order valence-electron chi connectivity index (χ4n) is 3.02. The van der Waals surface area contributed by atoms with Crippen molar-refractivity contribution >= 4 is 5.69 Å². The minimum absolute atomic E-state index is 0.105. The van der Waals surface area contributed by atoms with E-state index in [9.17, 15) is 0 Å². The number of hydrogen-bond donors (Lipinski definition) is 1. The number of aromatic nitrogens is 2. The normalized spacial score (nSPS) is 15.9. The second kappa shape index (κ2) is 5.90. The first-order chi connectivity index (χ1) is 10.2. The van der Waals surface area contributed by atoms with Crippen LogP contribution in [-0.2, 0) is 19.5 Å². The molecule has 1 aromatic carbocycles. The fraction of sp³-hybridized carbons (Fsp3) is 0.471. The van der Waals surface area contributed by atoms with Crippen molar-refractivity contribution in [1.82, 2.24) is 9.78 Å². The molecule has 0 amide bonds. The van der Waals surface area contributed by atoms with Gasteiger partial charge in [0.2, 0.25) is 0 Å². The molecule has 1 atom stereocenters. The van der Waals surface area contributed by atoms with Crippen molar-refractivity contribution in [3.05, 3.63) is 47.3 Å². The van der Waals surface area contributed by atoms with Gasteiger partial charge in [-0.1, -0.05) is 12.1 Å². The molecule has 1 aromatic heterocycles. The van der Waals surface area contributed by atoms with E-state index in [-0.39, 0.29) is 6.04 Å². The van der Waals surface area contributed by atoms with E-state index in [0.29, 0.717) is 0 Å². The molecule has 0 fully saturated rings. The fourth-order valence-corrected chi connectivity index (χ4v) is 3.02. The molecule has 4 heteroatoms. The summed E-state index contributed by atoms with van der Waals surface area (Å²) in [5.74, 6) is 0. The molecule has 4 nitrogen and oxygen atoms in total. The summed E-state index contributed by atoms with van der Waals surface area (Å²) in [7, 11) is 0. The summed E-state index contributed by atoms with van der Waals surface area (Å²) in [6.07, 6.45) is 6.48. The molecule has 2 aromatic rings. The molecule has 2 N–H and O–H groups in total. The third kappa shape index (κ3) is 2.95. The van der Waals surface area contributed by atoms with E-state index in [1.807, 2.05) is 17.8 Å². The third-order valence-electron chi connectivity index (χ3n) is 4.23. The Bertz CT molecular complexity index is 615. The van der Waals surface area contributed by atoms with Crippen LogP contribution in [0.3, 0.4) is 0 Å². The van der Waals surface area contributed by atoms with Gasteiger partial charge in [0.05, 0.1) is 6.20 Å². The molecule has 0 bridgehead atoms. The summed E-state index contributed by atoms with van der Waals surface area (Å²) >= 11 is 0. The van der Waals surface area contributed by atoms with Gasteiger partial charge in [-0.15, -0.1) is 0 Å². The summed E-state index contributed by atoms with van der Waals surface area (Å²) in [6, 6.07) is 6.78. The van der Waals surface area contributed by atoms with E-state index in [2.05, 4.69) is 41.3 Å². The maximum Gasteiger partial charge on any atom is 0.0539 e. The second-order valence-electron chi connectivity index (χ2n) is 5.91. The zero-order valence-corrected chi connectivity index (χ0v) is 12.9. The Kier molecular flexibility index (Phi) is 3.97. The molecule has 3 rings (SSSR count). The molecule has 0 radical (unpaired) electrons. The molecule has 112 valence electrons. The molecule has 0 saturated heterocycles. The Morgan fingerprint density at radius 3 is 2.95 bits per heavy atom. The molecule has 0 aliphatic carbocycles. The van der Waals surface area contributed by atoms with Gasteiger partial charge in [0.15, 0.2) is 0 Å². The van der Waals surface area contributed by atoms with Crippen LogP contribution in [0.25, 0.3) is 0 Å². The number of nitrogens with two attached hydrogens (primary N) is 1. The third-order valence-corrected chi connectivity index (χ3v) is 4.23. The first kappa shape index (κ1) is 14.1. The van der Waals surface area contributed by atoms with Crippen LogP contribution in [0.15, 0.2) is 30.6 Å². The summed E-state index contributed by atoms with van der Waals surface area (Å²) in [5.41, 5.74) is 11.3. The van der Waals surface area contributed by atoms with Crippen molar-refractivity contribution in [3.8, 4) is 0 Å². The van der Waals surface area contributed by atoms with Crippen LogP contribution in [0.2, 0.25) is 0 Å². The summed E-state index contributed by atoms with van der Waals surface area (Å²) in [6.45, 7) is 7.13. The highest BCUT2D eigenvalue weighted by molar-refractivity contribution is 5.57. The Labute approximate surface area is 126 Å². The molecule has 1 aliphatic heterocycles. The van der Waals surface area contributed by atoms with Crippen LogP contribution in [0, 0.1) is 0 Å². The van der Waals surface area contributed by atoms with Gasteiger partial charge >= 0.3 is 0 Å². The number of anilines is 1. The predicted molar refractivity (Wildman–Crippen MR) is 86.3 cm³/mol. The largest absolute Gasteiger partial charge is 0.367 e. The van der Waals surface area contributed by atoms with Crippen molar-refractivity contribution in [2.75, 3.05) is 11.4 Å². The molecule has 2 heterocycles. The van der Waals surface area contributed by atoms with Crippen LogP contribution < -0.4 is 10.6 Å². The topological polar surface area (TPSA) is 47.1 Å². The van der Waals surface area contributed by atoms with Crippen molar-refractivity contribution in [2.45, 2.75) is 45.8 Å². The zero-order valence-electron chi connectivity index (χ0n) is 12.9. The van der Waals surface area contributed by atoms with E-state index in [0.717, 1.165) is 26.1 Å². The van der Waals surface area contributed by atoms with E-state index in [1.165, 1.54) is 28.8 Å². The molecule has 0 saturated carbocycles. The molecule has 21 heavy (non-hydrogen) atoms. The monoisotopic (exact) mass is 284 g/mol. The number of fused-ring (bicyclic) bond motifs is 1. The quantitative estimate of drug-likeness (QED) is 0.939. The Morgan fingerprint density at radius 2 is 2.24 bits per heavy atom. The van der Waals surface area contributed by atoms with E-state index < -0.39 is 0 Å². The Morgan fingerprint density at radius 1 is 1.38 bits per heavy atom. The van der Waals surface area contributed by atoms with E-state index in [4.69, 9.17) is 5.73 Å². The van der Waals surface area contributed by atoms with Gasteiger partial charge in [0.25, 0.3) is 0 Å². The molecule has 0 spiro atoms. The van der Waals surface area contributed by atoms with Crippen molar-refractivity contribution in [2.24, 2.45) is 5.73 Å². The maximum atomic E-state index is 6.00. The number of hydrogen-bond acceptors (Lipinski definition) is 3. The average Bonchev–Trinajstić information content (AvgIpc) is 2.94. The minimum Gasteiger partial charge on any atom is -0.367 e. The highest BCUT2D eigenvalue weighted by atomic mass is 15.3. The van der Waals surface area contributed by atoms with Crippen molar-refractivity contribution < 1.29 is 0 Å². The van der Waals surface area contributed by atoms with Gasteiger partial charge in [0, 0.05) is 43.1 Å². The lowest BCUT2D eigenvalue weighted by atomic mass is 9.97. The highest BCUT2D eigenvalue weighted by Gasteiger charge is 2.18. The first-order valence-corrected chi connectivity index (χ1v) is 7.82. The van der Waals surface area contributed by atoms with Crippen LogP contribution in [0.1, 0.15) is 43.0 Å². The molecule has 1 aliphatic rings. The summed E-state index contributed by atoms with van der Waals surface area (Å²) in [5, 5.41) is 4.37. The van der Waals surface area contributed by atoms with Gasteiger partial charge in [0.1, 0.15) is 0 Å². The standard InChI is InChI=1S/C17H24N4/c1-3-21-12-14(10-19-21)11-20-8-4-5-16-9-15(13(2)18)6-7-17(16)20/h6-7,9-10,12-13H,3-5,8,11,18H2,1-2H3. The second-order valence-corrected chi connectivity index (χ2v) is 5.91. The van der Waals surface area contributed by atoms with E-state index >= 15 is 0 Å². The summed E-state index contributed by atoms with van der Waals surface area (Å²) in [4.78, 5) is 2.46. The summed E-state index contributed by atoms with van der Waals surface area (Å²) < 4.78 is 1.99. The highest BCUT2D eigenvalue weighted by Crippen LogP contribution is 2.30. The number of aryl methyl sites for hydroxylation is 2. The van der Waals surface area contributed by atoms with E-state index in [1.54, 1.807) is 0 Å². The lowest BCUT2D eigenvalue weighted by Crippen LogP contribution is -2.28. The molecule has 1 unspecified atom stereocenters. The van der Waals surface area contributed by atoms with Crippen LogP contribution in [-0.4, -0.2) is 16.3 Å². The first-order valence-electron chi connectivity index (χ1n) is 7.82. The SMILES string of the molecule is CCn1cc(CN2CCCc3cc(C(C)N)ccc32)cn1. The van der Waals surface area contributed by atoms with Crippen LogP contribution in [0.4, 0.5) is 5.69 Å². The maximum absolute atomic E-state index is 6.00. The number of nitrogens with zero attached hydrogens (tertiary/aromatic N) is 3. The van der Waals surface area contributed by atoms with Gasteiger partial charge in [-0.25, -0.2) is 0 Å². The Balaban J connectivity index is 1.83. The van der Waals surface area contributed by atoms with Crippen molar-refractivity contribution in [3.63, 3.8) is 0 Å². The predicted octanol–water partition coefficient (Wildman–Crippen LogP) is 2.88. The van der Waals surface area contributed by atoms with Crippen LogP contribution in [0.5, 0.6) is 0 Å². The minimum atomic E-state index is 0.105. The molecular formula is C17H24N4.